The van der Waals surface area contributed by atoms with Gasteiger partial charge in [0, 0.05) is 0 Å². The number of alkyl halides is 3. The molecule has 0 aliphatic heterocycles. The average molecular weight is 523 g/mol. The Morgan fingerprint density at radius 1 is 1.06 bits per heavy atom. The van der Waals surface area contributed by atoms with Crippen molar-refractivity contribution in [1.29, 1.82) is 0 Å². The van der Waals surface area contributed by atoms with Gasteiger partial charge in [-0.15, -0.1) is 0 Å². The molecule has 0 atom stereocenters. The van der Waals surface area contributed by atoms with Crippen molar-refractivity contribution in [3.8, 4) is 10.3 Å². The van der Waals surface area contributed by atoms with Gasteiger partial charge in [-0.1, -0.05) is 0 Å². The van der Waals surface area contributed by atoms with E-state index < -0.39 is 11.9 Å². The van der Waals surface area contributed by atoms with E-state index >= 15 is 0 Å². The summed E-state index contributed by atoms with van der Waals surface area (Å²) >= 11 is 5.89. The Morgan fingerprint density at radius 2 is 1.84 bits per heavy atom. The van der Waals surface area contributed by atoms with Gasteiger partial charge in [-0.25, -0.2) is 0 Å². The molecule has 32 heavy (non-hydrogen) atoms. The Kier molecular flexibility index (Phi) is 5.15. The summed E-state index contributed by atoms with van der Waals surface area (Å²) in [6.45, 7) is 4.26. The monoisotopic (exact) mass is 523 g/mol. The molecule has 5 rings (SSSR count). The molecule has 1 aromatic carbocycles. The molecular weight excluding hydrogens is 506 g/mol. The summed E-state index contributed by atoms with van der Waals surface area (Å²) in [5.41, 5.74) is 0.881. The molecule has 0 aliphatic rings. The fraction of sp³-hybridized carbons (Fsp3) is 0.227. The maximum atomic E-state index is 13.3. The number of imidazole rings is 1. The number of benzene rings is 1. The molecular formula is C22H17ClF3N5Se. The summed E-state index contributed by atoms with van der Waals surface area (Å²) in [6, 6.07) is 11.7. The van der Waals surface area contributed by atoms with Gasteiger partial charge in [0.25, 0.3) is 0 Å². The van der Waals surface area contributed by atoms with Crippen molar-refractivity contribution in [3.05, 3.63) is 64.2 Å². The van der Waals surface area contributed by atoms with Crippen LogP contribution in [0.5, 0.6) is 0 Å². The molecule has 0 amide bonds. The van der Waals surface area contributed by atoms with Crippen LogP contribution in [-0.2, 0) is 12.7 Å². The molecule has 0 bridgehead atoms. The van der Waals surface area contributed by atoms with Gasteiger partial charge >= 0.3 is 192 Å². The Morgan fingerprint density at radius 3 is 2.59 bits per heavy atom. The van der Waals surface area contributed by atoms with Crippen molar-refractivity contribution in [2.45, 2.75) is 32.6 Å². The summed E-state index contributed by atoms with van der Waals surface area (Å²) in [7, 11) is 0. The Hall–Kier alpha value is -2.61. The Balaban J connectivity index is 1.58. The number of aromatic nitrogens is 5. The SMILES string of the molecule is CC(C)n1cc(C(F)(F)F)nc1-c1ccc(Cn2c3ccccc3c3cnc(Cl)nc32)[se]1. The molecule has 0 N–H and O–H groups in total. The molecule has 0 saturated carbocycles. The van der Waals surface area contributed by atoms with E-state index in [0.717, 1.165) is 37.0 Å². The fourth-order valence-corrected chi connectivity index (χ4v) is 6.01. The van der Waals surface area contributed by atoms with Crippen LogP contribution in [0.25, 0.3) is 32.2 Å². The fourth-order valence-electron chi connectivity index (χ4n) is 3.80. The van der Waals surface area contributed by atoms with Crippen molar-refractivity contribution < 1.29 is 13.2 Å². The minimum absolute atomic E-state index is 0.134. The second-order valence-electron chi connectivity index (χ2n) is 7.69. The first-order valence-electron chi connectivity index (χ1n) is 9.87. The molecule has 0 spiro atoms. The molecule has 0 radical (unpaired) electrons. The molecule has 0 unspecified atom stereocenters. The van der Waals surface area contributed by atoms with E-state index in [1.807, 2.05) is 50.2 Å². The average Bonchev–Trinajstić information content (AvgIpc) is 3.44. The third-order valence-electron chi connectivity index (χ3n) is 5.25. The summed E-state index contributed by atoms with van der Waals surface area (Å²) in [5.74, 6) is 0.381. The van der Waals surface area contributed by atoms with Crippen LogP contribution in [0.2, 0.25) is 5.28 Å². The zero-order chi connectivity index (χ0) is 22.6. The molecule has 4 aromatic heterocycles. The van der Waals surface area contributed by atoms with Crippen LogP contribution in [0, 0.1) is 0 Å². The first-order chi connectivity index (χ1) is 15.2. The summed E-state index contributed by atoms with van der Waals surface area (Å²) < 4.78 is 45.4. The molecule has 0 fully saturated rings. The minimum atomic E-state index is -4.47. The van der Waals surface area contributed by atoms with Crippen LogP contribution in [-0.4, -0.2) is 38.6 Å². The van der Waals surface area contributed by atoms with Crippen LogP contribution in [0.15, 0.2) is 48.8 Å². The Labute approximate surface area is 192 Å². The number of hydrogen-bond acceptors (Lipinski definition) is 3. The number of nitrogens with zero attached hydrogens (tertiary/aromatic N) is 5. The van der Waals surface area contributed by atoms with Gasteiger partial charge in [0.15, 0.2) is 0 Å². The molecule has 5 nitrogen and oxygen atoms in total. The third-order valence-corrected chi connectivity index (χ3v) is 7.67. The van der Waals surface area contributed by atoms with E-state index in [2.05, 4.69) is 19.5 Å². The van der Waals surface area contributed by atoms with Crippen LogP contribution in [0.4, 0.5) is 13.2 Å². The second-order valence-corrected chi connectivity index (χ2v) is 10.5. The molecule has 5 aromatic rings. The van der Waals surface area contributed by atoms with E-state index in [0.29, 0.717) is 12.4 Å². The zero-order valence-electron chi connectivity index (χ0n) is 17.1. The van der Waals surface area contributed by atoms with Crippen molar-refractivity contribution in [3.63, 3.8) is 0 Å². The van der Waals surface area contributed by atoms with Crippen LogP contribution in [0.1, 0.15) is 30.0 Å². The van der Waals surface area contributed by atoms with Crippen LogP contribution >= 0.6 is 11.6 Å². The molecule has 4 heterocycles. The number of rotatable bonds is 4. The molecule has 0 saturated heterocycles. The van der Waals surface area contributed by atoms with E-state index in [1.54, 1.807) is 10.8 Å². The quantitative estimate of drug-likeness (QED) is 0.221. The summed E-state index contributed by atoms with van der Waals surface area (Å²) in [4.78, 5) is 12.5. The van der Waals surface area contributed by atoms with Crippen LogP contribution in [0.3, 0.4) is 0 Å². The van der Waals surface area contributed by atoms with Crippen molar-refractivity contribution >= 4 is 48.0 Å². The zero-order valence-corrected chi connectivity index (χ0v) is 19.5. The predicted octanol–water partition coefficient (Wildman–Crippen LogP) is 5.81. The predicted molar refractivity (Wildman–Crippen MR) is 119 cm³/mol. The van der Waals surface area contributed by atoms with Gasteiger partial charge in [-0.05, 0) is 0 Å². The number of para-hydroxylation sites is 1. The standard InChI is InChI=1S/C22H17ClF3N5Se/c1-12(2)30-11-18(22(24,25)26)28-20(30)17-8-7-13(32-17)10-31-16-6-4-3-5-14(16)15-9-27-21(23)29-19(15)31/h3-9,11-12H,10H2,1-2H3. The number of hydrogen-bond donors (Lipinski definition) is 0. The topological polar surface area (TPSA) is 48.5 Å². The molecule has 164 valence electrons. The van der Waals surface area contributed by atoms with Crippen molar-refractivity contribution in [2.75, 3.05) is 0 Å². The van der Waals surface area contributed by atoms with Gasteiger partial charge in [0.2, 0.25) is 0 Å². The Bertz CT molecular complexity index is 1450. The van der Waals surface area contributed by atoms with E-state index in [-0.39, 0.29) is 25.8 Å². The number of fused-ring (bicyclic) bond motifs is 3. The van der Waals surface area contributed by atoms with E-state index in [1.165, 1.54) is 0 Å². The van der Waals surface area contributed by atoms with Gasteiger partial charge in [-0.2, -0.15) is 0 Å². The van der Waals surface area contributed by atoms with Gasteiger partial charge in [-0.3, -0.25) is 0 Å². The van der Waals surface area contributed by atoms with E-state index in [4.69, 9.17) is 11.6 Å². The third kappa shape index (κ3) is 3.64. The maximum absolute atomic E-state index is 13.3. The van der Waals surface area contributed by atoms with Crippen molar-refractivity contribution in [1.82, 2.24) is 24.1 Å². The first kappa shape index (κ1) is 21.2. The molecule has 0 aliphatic carbocycles. The second kappa shape index (κ2) is 7.76. The van der Waals surface area contributed by atoms with Gasteiger partial charge < -0.3 is 0 Å². The summed E-state index contributed by atoms with van der Waals surface area (Å²) in [5, 5.41) is 2.11. The molecule has 10 heteroatoms. The number of halogens is 4. The van der Waals surface area contributed by atoms with Gasteiger partial charge in [0.1, 0.15) is 0 Å². The van der Waals surface area contributed by atoms with E-state index in [9.17, 15) is 13.2 Å². The van der Waals surface area contributed by atoms with Gasteiger partial charge in [0.05, 0.1) is 0 Å². The first-order valence-corrected chi connectivity index (χ1v) is 12.0. The normalized spacial score (nSPS) is 12.5. The van der Waals surface area contributed by atoms with Crippen molar-refractivity contribution in [2.24, 2.45) is 0 Å². The summed E-state index contributed by atoms with van der Waals surface area (Å²) in [6.07, 6.45) is -1.65. The van der Waals surface area contributed by atoms with Crippen LogP contribution < -0.4 is 0 Å².